The first kappa shape index (κ1) is 8.77. The maximum absolute atomic E-state index is 10.3. The second-order valence-corrected chi connectivity index (χ2v) is 3.03. The summed E-state index contributed by atoms with van der Waals surface area (Å²) >= 11 is 0. The number of nitrogens with one attached hydrogen (secondary N) is 2. The molecular weight excluding hydrogens is 180 g/mol. The van der Waals surface area contributed by atoms with Crippen molar-refractivity contribution in [2.24, 2.45) is 0 Å². The van der Waals surface area contributed by atoms with E-state index in [-0.39, 0.29) is 6.04 Å². The highest BCUT2D eigenvalue weighted by atomic mass is 16.4. The second-order valence-electron chi connectivity index (χ2n) is 3.03. The fraction of sp³-hybridized carbons (Fsp3) is 0.100. The van der Waals surface area contributed by atoms with Gasteiger partial charge in [-0.15, -0.1) is 0 Å². The van der Waals surface area contributed by atoms with Crippen LogP contribution in [0.4, 0.5) is 5.69 Å². The van der Waals surface area contributed by atoms with Gasteiger partial charge in [-0.25, -0.2) is 10.2 Å². The maximum Gasteiger partial charge on any atom is 0.328 e. The van der Waals surface area contributed by atoms with Gasteiger partial charge < -0.3 is 10.5 Å². The van der Waals surface area contributed by atoms with E-state index in [4.69, 9.17) is 5.11 Å². The average Bonchev–Trinajstić information content (AvgIpc) is 2.58. The van der Waals surface area contributed by atoms with E-state index in [9.17, 15) is 4.79 Å². The van der Waals surface area contributed by atoms with Gasteiger partial charge in [0.15, 0.2) is 0 Å². The van der Waals surface area contributed by atoms with E-state index in [2.05, 4.69) is 10.9 Å². The summed E-state index contributed by atoms with van der Waals surface area (Å²) in [6.07, 6.45) is 2.75. The molecule has 4 nitrogen and oxygen atoms in total. The highest BCUT2D eigenvalue weighted by Crippen LogP contribution is 2.28. The Hall–Kier alpha value is -1.81. The van der Waals surface area contributed by atoms with E-state index >= 15 is 0 Å². The predicted octanol–water partition coefficient (Wildman–Crippen LogP) is 1.30. The van der Waals surface area contributed by atoms with Gasteiger partial charge in [-0.1, -0.05) is 24.3 Å². The molecule has 3 N–H and O–H groups in total. The van der Waals surface area contributed by atoms with Crippen molar-refractivity contribution in [1.29, 1.82) is 0 Å². The third-order valence-corrected chi connectivity index (χ3v) is 2.09. The van der Waals surface area contributed by atoms with Gasteiger partial charge in [0.05, 0.1) is 11.7 Å². The van der Waals surface area contributed by atoms with Gasteiger partial charge in [-0.05, 0) is 11.6 Å². The van der Waals surface area contributed by atoms with Gasteiger partial charge >= 0.3 is 5.97 Å². The van der Waals surface area contributed by atoms with Gasteiger partial charge in [0.25, 0.3) is 0 Å². The van der Waals surface area contributed by atoms with Gasteiger partial charge in [0.1, 0.15) is 0 Å². The summed E-state index contributed by atoms with van der Waals surface area (Å²) in [6, 6.07) is 7.68. The number of benzene rings is 1. The van der Waals surface area contributed by atoms with Crippen molar-refractivity contribution in [3.63, 3.8) is 0 Å². The molecule has 14 heavy (non-hydrogen) atoms. The molecule has 72 valence electrons. The molecule has 0 fully saturated rings. The molecule has 1 aromatic carbocycles. The zero-order valence-corrected chi connectivity index (χ0v) is 7.40. The second kappa shape index (κ2) is 3.51. The monoisotopic (exact) mass is 190 g/mol. The van der Waals surface area contributed by atoms with Gasteiger partial charge in [0, 0.05) is 6.08 Å². The molecule has 0 saturated heterocycles. The van der Waals surface area contributed by atoms with Crippen LogP contribution in [-0.2, 0) is 4.79 Å². The number of rotatable bonds is 2. The lowest BCUT2D eigenvalue weighted by Crippen LogP contribution is -2.17. The summed E-state index contributed by atoms with van der Waals surface area (Å²) in [5.74, 6) is -0.934. The number of hydrogen-bond donors (Lipinski definition) is 3. The Balaban J connectivity index is 2.22. The summed E-state index contributed by atoms with van der Waals surface area (Å²) in [4.78, 5) is 10.3. The summed E-state index contributed by atoms with van der Waals surface area (Å²) in [5, 5.41) is 8.49. The molecule has 0 saturated carbocycles. The van der Waals surface area contributed by atoms with Crippen molar-refractivity contribution in [2.75, 3.05) is 5.43 Å². The van der Waals surface area contributed by atoms with Crippen LogP contribution in [0.1, 0.15) is 11.6 Å². The van der Waals surface area contributed by atoms with Gasteiger partial charge in [-0.3, -0.25) is 0 Å². The maximum atomic E-state index is 10.3. The highest BCUT2D eigenvalue weighted by molar-refractivity contribution is 5.80. The number of carboxylic acids is 1. The van der Waals surface area contributed by atoms with Crippen LogP contribution in [0, 0.1) is 0 Å². The van der Waals surface area contributed by atoms with E-state index < -0.39 is 5.97 Å². The smallest absolute Gasteiger partial charge is 0.328 e. The first-order valence-corrected chi connectivity index (χ1v) is 4.29. The SMILES string of the molecule is O=C(O)C=CC1NNc2ccccc21. The van der Waals surface area contributed by atoms with E-state index in [0.717, 1.165) is 17.3 Å². The number of fused-ring (bicyclic) bond motifs is 1. The van der Waals surface area contributed by atoms with Crippen molar-refractivity contribution in [2.45, 2.75) is 6.04 Å². The number of para-hydroxylation sites is 1. The summed E-state index contributed by atoms with van der Waals surface area (Å²) in [7, 11) is 0. The molecule has 0 spiro atoms. The Morgan fingerprint density at radius 3 is 3.00 bits per heavy atom. The van der Waals surface area contributed by atoms with Crippen LogP contribution in [-0.4, -0.2) is 11.1 Å². The van der Waals surface area contributed by atoms with Crippen molar-refractivity contribution in [3.8, 4) is 0 Å². The normalized spacial score (nSPS) is 19.3. The lowest BCUT2D eigenvalue weighted by atomic mass is 10.1. The molecule has 1 heterocycles. The van der Waals surface area contributed by atoms with Gasteiger partial charge in [-0.2, -0.15) is 0 Å². The molecule has 0 aliphatic carbocycles. The molecule has 0 aromatic heterocycles. The molecule has 4 heteroatoms. The molecular formula is C10H10N2O2. The van der Waals surface area contributed by atoms with E-state index in [0.29, 0.717) is 0 Å². The minimum Gasteiger partial charge on any atom is -0.478 e. The van der Waals surface area contributed by atoms with Crippen LogP contribution in [0.3, 0.4) is 0 Å². The third kappa shape index (κ3) is 1.60. The molecule has 1 aromatic rings. The van der Waals surface area contributed by atoms with Crippen molar-refractivity contribution < 1.29 is 9.90 Å². The van der Waals surface area contributed by atoms with E-state index in [1.807, 2.05) is 24.3 Å². The van der Waals surface area contributed by atoms with E-state index in [1.54, 1.807) is 6.08 Å². The molecule has 2 rings (SSSR count). The zero-order chi connectivity index (χ0) is 9.97. The molecule has 0 bridgehead atoms. The number of carbonyl (C=O) groups is 1. The van der Waals surface area contributed by atoms with Crippen molar-refractivity contribution in [3.05, 3.63) is 42.0 Å². The first-order valence-electron chi connectivity index (χ1n) is 4.29. The zero-order valence-electron chi connectivity index (χ0n) is 7.40. The Kier molecular flexibility index (Phi) is 2.20. The lowest BCUT2D eigenvalue weighted by molar-refractivity contribution is -0.131. The fourth-order valence-electron chi connectivity index (χ4n) is 1.45. The molecule has 0 amide bonds. The topological polar surface area (TPSA) is 61.4 Å². The van der Waals surface area contributed by atoms with Crippen molar-refractivity contribution in [1.82, 2.24) is 5.43 Å². The van der Waals surface area contributed by atoms with Crippen LogP contribution in [0.2, 0.25) is 0 Å². The van der Waals surface area contributed by atoms with Crippen LogP contribution >= 0.6 is 0 Å². The Morgan fingerprint density at radius 2 is 2.21 bits per heavy atom. The average molecular weight is 190 g/mol. The van der Waals surface area contributed by atoms with Gasteiger partial charge in [0.2, 0.25) is 0 Å². The Labute approximate surface area is 81.2 Å². The molecule has 1 aliphatic heterocycles. The minimum atomic E-state index is -0.934. The third-order valence-electron chi connectivity index (χ3n) is 2.09. The number of aliphatic carboxylic acids is 1. The molecule has 0 radical (unpaired) electrons. The van der Waals surface area contributed by atoms with Crippen LogP contribution in [0.5, 0.6) is 0 Å². The van der Waals surface area contributed by atoms with Crippen LogP contribution < -0.4 is 10.9 Å². The summed E-state index contributed by atoms with van der Waals surface area (Å²) < 4.78 is 0. The quantitative estimate of drug-likeness (QED) is 0.615. The predicted molar refractivity (Wildman–Crippen MR) is 52.7 cm³/mol. The summed E-state index contributed by atoms with van der Waals surface area (Å²) in [5.41, 5.74) is 8.01. The fourth-order valence-corrected chi connectivity index (χ4v) is 1.45. The van der Waals surface area contributed by atoms with Crippen LogP contribution in [0.25, 0.3) is 0 Å². The molecule has 1 unspecified atom stereocenters. The largest absolute Gasteiger partial charge is 0.478 e. The molecule has 1 atom stereocenters. The van der Waals surface area contributed by atoms with Crippen LogP contribution in [0.15, 0.2) is 36.4 Å². The first-order chi connectivity index (χ1) is 6.77. The van der Waals surface area contributed by atoms with Crippen molar-refractivity contribution >= 4 is 11.7 Å². The summed E-state index contributed by atoms with van der Waals surface area (Å²) in [6.45, 7) is 0. The number of carboxylic acid groups (broad SMARTS) is 1. The number of anilines is 1. The standard InChI is InChI=1S/C10H10N2O2/c13-10(14)6-5-9-7-3-1-2-4-8(7)11-12-9/h1-6,9,11-12H,(H,13,14). The highest BCUT2D eigenvalue weighted by Gasteiger charge is 2.17. The number of hydrazine groups is 1. The minimum absolute atomic E-state index is 0.0673. The Morgan fingerprint density at radius 1 is 1.43 bits per heavy atom. The Bertz CT molecular complexity index is 387. The number of hydrogen-bond acceptors (Lipinski definition) is 3. The van der Waals surface area contributed by atoms with E-state index in [1.165, 1.54) is 0 Å². The lowest BCUT2D eigenvalue weighted by Gasteiger charge is -2.02. The molecule has 1 aliphatic rings.